The van der Waals surface area contributed by atoms with E-state index >= 15 is 0 Å². The molecule has 162 valence electrons. The van der Waals surface area contributed by atoms with E-state index in [2.05, 4.69) is 37.2 Å². The van der Waals surface area contributed by atoms with Gasteiger partial charge in [-0.1, -0.05) is 29.7 Å². The van der Waals surface area contributed by atoms with Gasteiger partial charge in [-0.3, -0.25) is 9.78 Å². The summed E-state index contributed by atoms with van der Waals surface area (Å²) in [5.74, 6) is 0.686. The van der Waals surface area contributed by atoms with Crippen LogP contribution in [0.2, 0.25) is 5.02 Å². The standard InChI is InChI=1S/C22H25ClN6O2/c1-2-28-11-13-29(14-12-28)19-7-6-16(23)15-18(19)25-20(30)8-9-21-26-22(27-31-21)17-5-3-4-10-24-17/h3-7,10,15H,2,8-9,11-14H2,1H3,(H,25,30). The van der Waals surface area contributed by atoms with E-state index in [0.29, 0.717) is 28.9 Å². The number of anilines is 2. The Kier molecular flexibility index (Phi) is 6.79. The minimum absolute atomic E-state index is 0.131. The molecule has 2 aromatic heterocycles. The Balaban J connectivity index is 1.38. The van der Waals surface area contributed by atoms with E-state index in [4.69, 9.17) is 16.1 Å². The number of aromatic nitrogens is 3. The van der Waals surface area contributed by atoms with E-state index in [9.17, 15) is 4.79 Å². The third-order valence-corrected chi connectivity index (χ3v) is 5.56. The Hall–Kier alpha value is -2.97. The molecule has 0 unspecified atom stereocenters. The highest BCUT2D eigenvalue weighted by Gasteiger charge is 2.20. The smallest absolute Gasteiger partial charge is 0.227 e. The van der Waals surface area contributed by atoms with Gasteiger partial charge >= 0.3 is 0 Å². The van der Waals surface area contributed by atoms with Gasteiger partial charge in [0.2, 0.25) is 17.6 Å². The summed E-state index contributed by atoms with van der Waals surface area (Å²) in [5, 5.41) is 7.53. The fourth-order valence-electron chi connectivity index (χ4n) is 3.58. The Morgan fingerprint density at radius 1 is 1.19 bits per heavy atom. The molecule has 0 saturated carbocycles. The third kappa shape index (κ3) is 5.39. The van der Waals surface area contributed by atoms with Crippen LogP contribution in [0.15, 0.2) is 47.1 Å². The predicted molar refractivity (Wildman–Crippen MR) is 120 cm³/mol. The molecule has 1 aromatic carbocycles. The van der Waals surface area contributed by atoms with Crippen LogP contribution < -0.4 is 10.2 Å². The molecule has 0 atom stereocenters. The molecule has 9 heteroatoms. The quantitative estimate of drug-likeness (QED) is 0.601. The van der Waals surface area contributed by atoms with E-state index < -0.39 is 0 Å². The second kappa shape index (κ2) is 9.89. The molecule has 1 aliphatic rings. The van der Waals surface area contributed by atoms with Crippen LogP contribution in [0.3, 0.4) is 0 Å². The highest BCUT2D eigenvalue weighted by Crippen LogP contribution is 2.30. The second-order valence-electron chi connectivity index (χ2n) is 7.36. The number of aryl methyl sites for hydroxylation is 1. The zero-order valence-corrected chi connectivity index (χ0v) is 18.2. The fraction of sp³-hybridized carbons (Fsp3) is 0.364. The molecule has 1 amide bonds. The number of rotatable bonds is 7. The van der Waals surface area contributed by atoms with Gasteiger partial charge in [0.05, 0.1) is 11.4 Å². The van der Waals surface area contributed by atoms with Crippen LogP contribution in [0.5, 0.6) is 0 Å². The van der Waals surface area contributed by atoms with Crippen molar-refractivity contribution in [2.24, 2.45) is 0 Å². The highest BCUT2D eigenvalue weighted by atomic mass is 35.5. The lowest BCUT2D eigenvalue weighted by molar-refractivity contribution is -0.116. The summed E-state index contributed by atoms with van der Waals surface area (Å²) >= 11 is 6.20. The number of likely N-dealkylation sites (N-methyl/N-ethyl adjacent to an activating group) is 1. The molecule has 0 bridgehead atoms. The Bertz CT molecular complexity index is 1020. The number of pyridine rings is 1. The van der Waals surface area contributed by atoms with Gasteiger partial charge in [-0.25, -0.2) is 0 Å². The molecular weight excluding hydrogens is 416 g/mol. The molecule has 0 radical (unpaired) electrons. The topological polar surface area (TPSA) is 87.4 Å². The molecule has 1 fully saturated rings. The molecule has 1 N–H and O–H groups in total. The molecule has 8 nitrogen and oxygen atoms in total. The van der Waals surface area contributed by atoms with Crippen LogP contribution in [0, 0.1) is 0 Å². The number of amides is 1. The number of nitrogens with zero attached hydrogens (tertiary/aromatic N) is 5. The van der Waals surface area contributed by atoms with Crippen molar-refractivity contribution in [1.82, 2.24) is 20.0 Å². The normalized spacial score (nSPS) is 14.6. The van der Waals surface area contributed by atoms with Crippen molar-refractivity contribution in [1.29, 1.82) is 0 Å². The number of piperazine rings is 1. The molecule has 1 saturated heterocycles. The number of hydrogen-bond donors (Lipinski definition) is 1. The van der Waals surface area contributed by atoms with Crippen molar-refractivity contribution in [3.63, 3.8) is 0 Å². The van der Waals surface area contributed by atoms with E-state index in [0.717, 1.165) is 44.1 Å². The van der Waals surface area contributed by atoms with E-state index in [-0.39, 0.29) is 12.3 Å². The van der Waals surface area contributed by atoms with Crippen LogP contribution in [0.1, 0.15) is 19.2 Å². The molecule has 3 aromatic rings. The maximum absolute atomic E-state index is 12.6. The Morgan fingerprint density at radius 3 is 2.77 bits per heavy atom. The summed E-state index contributed by atoms with van der Waals surface area (Å²) in [6.45, 7) is 7.06. The third-order valence-electron chi connectivity index (χ3n) is 5.32. The van der Waals surface area contributed by atoms with Crippen molar-refractivity contribution in [2.45, 2.75) is 19.8 Å². The molecule has 4 rings (SSSR count). The van der Waals surface area contributed by atoms with Crippen molar-refractivity contribution < 1.29 is 9.32 Å². The number of nitrogens with one attached hydrogen (secondary N) is 1. The number of carbonyl (C=O) groups excluding carboxylic acids is 1. The largest absolute Gasteiger partial charge is 0.367 e. The first kappa shape index (κ1) is 21.3. The van der Waals surface area contributed by atoms with Crippen LogP contribution in [0.4, 0.5) is 11.4 Å². The number of halogens is 1. The summed E-state index contributed by atoms with van der Waals surface area (Å²) in [4.78, 5) is 25.8. The first-order valence-corrected chi connectivity index (χ1v) is 10.8. The lowest BCUT2D eigenvalue weighted by Gasteiger charge is -2.36. The molecule has 3 heterocycles. The minimum Gasteiger partial charge on any atom is -0.367 e. The van der Waals surface area contributed by atoms with E-state index in [1.54, 1.807) is 12.3 Å². The van der Waals surface area contributed by atoms with Crippen LogP contribution in [-0.4, -0.2) is 58.7 Å². The summed E-state index contributed by atoms with van der Waals surface area (Å²) < 4.78 is 5.26. The second-order valence-corrected chi connectivity index (χ2v) is 7.79. The number of benzene rings is 1. The van der Waals surface area contributed by atoms with Gasteiger partial charge in [0, 0.05) is 50.2 Å². The summed E-state index contributed by atoms with van der Waals surface area (Å²) in [7, 11) is 0. The van der Waals surface area contributed by atoms with Crippen LogP contribution in [-0.2, 0) is 11.2 Å². The maximum atomic E-state index is 12.6. The average molecular weight is 441 g/mol. The van der Waals surface area contributed by atoms with Gasteiger partial charge < -0.3 is 19.6 Å². The summed E-state index contributed by atoms with van der Waals surface area (Å²) in [6, 6.07) is 11.1. The monoisotopic (exact) mass is 440 g/mol. The first-order chi connectivity index (χ1) is 15.1. The van der Waals surface area contributed by atoms with Crippen molar-refractivity contribution >= 4 is 28.9 Å². The van der Waals surface area contributed by atoms with E-state index in [1.807, 2.05) is 30.3 Å². The maximum Gasteiger partial charge on any atom is 0.227 e. The Labute approximate surface area is 186 Å². The van der Waals surface area contributed by atoms with Crippen LogP contribution in [0.25, 0.3) is 11.5 Å². The predicted octanol–water partition coefficient (Wildman–Crippen LogP) is 3.50. The molecule has 0 spiro atoms. The Morgan fingerprint density at radius 2 is 2.03 bits per heavy atom. The zero-order chi connectivity index (χ0) is 21.6. The average Bonchev–Trinajstić information content (AvgIpc) is 3.28. The summed E-state index contributed by atoms with van der Waals surface area (Å²) in [5.41, 5.74) is 2.35. The SMILES string of the molecule is CCN1CCN(c2ccc(Cl)cc2NC(=O)CCc2nc(-c3ccccn3)no2)CC1. The first-order valence-electron chi connectivity index (χ1n) is 10.4. The van der Waals surface area contributed by atoms with Crippen LogP contribution >= 0.6 is 11.6 Å². The molecular formula is C22H25ClN6O2. The number of hydrogen-bond acceptors (Lipinski definition) is 7. The van der Waals surface area contributed by atoms with Gasteiger partial charge in [0.15, 0.2) is 0 Å². The van der Waals surface area contributed by atoms with Crippen molar-refractivity contribution in [3.05, 3.63) is 53.5 Å². The van der Waals surface area contributed by atoms with Gasteiger partial charge in [-0.2, -0.15) is 4.98 Å². The zero-order valence-electron chi connectivity index (χ0n) is 17.4. The van der Waals surface area contributed by atoms with Gasteiger partial charge in [0.25, 0.3) is 0 Å². The number of carbonyl (C=O) groups is 1. The van der Waals surface area contributed by atoms with Crippen molar-refractivity contribution in [3.8, 4) is 11.5 Å². The van der Waals surface area contributed by atoms with Gasteiger partial charge in [-0.05, 0) is 36.9 Å². The van der Waals surface area contributed by atoms with Gasteiger partial charge in [0.1, 0.15) is 5.69 Å². The van der Waals surface area contributed by atoms with E-state index in [1.165, 1.54) is 0 Å². The van der Waals surface area contributed by atoms with Crippen molar-refractivity contribution in [2.75, 3.05) is 42.9 Å². The van der Waals surface area contributed by atoms with Gasteiger partial charge in [-0.15, -0.1) is 0 Å². The lowest BCUT2D eigenvalue weighted by atomic mass is 10.2. The summed E-state index contributed by atoms with van der Waals surface area (Å²) in [6.07, 6.45) is 2.24. The molecule has 31 heavy (non-hydrogen) atoms. The molecule has 0 aliphatic carbocycles. The highest BCUT2D eigenvalue weighted by molar-refractivity contribution is 6.31. The molecule has 1 aliphatic heterocycles. The minimum atomic E-state index is -0.131. The fourth-order valence-corrected chi connectivity index (χ4v) is 3.75. The lowest BCUT2D eigenvalue weighted by Crippen LogP contribution is -2.46.